The molecule has 3 aromatic rings. The van der Waals surface area contributed by atoms with E-state index in [1.165, 1.54) is 0 Å². The lowest BCUT2D eigenvalue weighted by Gasteiger charge is -2.10. The van der Waals surface area contributed by atoms with Gasteiger partial charge in [-0.3, -0.25) is 4.72 Å². The molecule has 114 valence electrons. The molecular formula is C14H12BrN3O3S. The Kier molecular flexibility index (Phi) is 3.57. The molecule has 1 heterocycles. The zero-order valence-corrected chi connectivity index (χ0v) is 13.9. The van der Waals surface area contributed by atoms with Gasteiger partial charge in [0.25, 0.3) is 10.0 Å². The standard InChI is InChI=1S/C14H12BrN3O3S/c1-8-6-9(15)2-5-13(8)22(20,21)18-10-3-4-11-12(7-10)17-14(19)16-11/h2-7,18H,1H3,(H2,16,17,19). The first-order valence-corrected chi connectivity index (χ1v) is 8.64. The highest BCUT2D eigenvalue weighted by molar-refractivity contribution is 9.10. The highest BCUT2D eigenvalue weighted by Crippen LogP contribution is 2.23. The number of fused-ring (bicyclic) bond motifs is 1. The first kappa shape index (κ1) is 14.9. The van der Waals surface area contributed by atoms with Crippen molar-refractivity contribution in [1.29, 1.82) is 0 Å². The molecule has 8 heteroatoms. The zero-order valence-electron chi connectivity index (χ0n) is 11.5. The fourth-order valence-corrected chi connectivity index (χ4v) is 3.97. The van der Waals surface area contributed by atoms with Gasteiger partial charge in [-0.15, -0.1) is 0 Å². The average Bonchev–Trinajstić information content (AvgIpc) is 2.77. The Morgan fingerprint density at radius 1 is 1.05 bits per heavy atom. The molecule has 0 radical (unpaired) electrons. The molecule has 0 spiro atoms. The number of anilines is 1. The molecule has 0 aliphatic heterocycles. The van der Waals surface area contributed by atoms with E-state index in [1.54, 1.807) is 43.3 Å². The molecule has 1 aromatic heterocycles. The normalized spacial score (nSPS) is 11.7. The molecule has 3 rings (SSSR count). The van der Waals surface area contributed by atoms with Crippen molar-refractivity contribution >= 4 is 42.7 Å². The summed E-state index contributed by atoms with van der Waals surface area (Å²) in [5, 5.41) is 0. The van der Waals surface area contributed by atoms with Gasteiger partial charge in [0.15, 0.2) is 0 Å². The van der Waals surface area contributed by atoms with E-state index in [2.05, 4.69) is 30.6 Å². The lowest BCUT2D eigenvalue weighted by molar-refractivity contribution is 0.600. The summed E-state index contributed by atoms with van der Waals surface area (Å²) in [6.45, 7) is 1.73. The van der Waals surface area contributed by atoms with Gasteiger partial charge in [-0.2, -0.15) is 0 Å². The fraction of sp³-hybridized carbons (Fsp3) is 0.0714. The topological polar surface area (TPSA) is 94.8 Å². The van der Waals surface area contributed by atoms with Crippen LogP contribution in [0.3, 0.4) is 0 Å². The number of nitrogens with one attached hydrogen (secondary N) is 3. The number of aromatic nitrogens is 2. The number of sulfonamides is 1. The quantitative estimate of drug-likeness (QED) is 0.650. The highest BCUT2D eigenvalue weighted by Gasteiger charge is 2.17. The third kappa shape index (κ3) is 2.79. The molecule has 0 unspecified atom stereocenters. The molecular weight excluding hydrogens is 370 g/mol. The fourth-order valence-electron chi connectivity index (χ4n) is 2.22. The van der Waals surface area contributed by atoms with Gasteiger partial charge in [-0.25, -0.2) is 13.2 Å². The predicted octanol–water partition coefficient (Wildman–Crippen LogP) is 2.73. The van der Waals surface area contributed by atoms with Crippen LogP contribution in [0.15, 0.2) is 50.6 Å². The number of halogens is 1. The van der Waals surface area contributed by atoms with Crippen LogP contribution in [0, 0.1) is 6.92 Å². The van der Waals surface area contributed by atoms with E-state index in [0.717, 1.165) is 4.47 Å². The van der Waals surface area contributed by atoms with E-state index < -0.39 is 10.0 Å². The molecule has 0 atom stereocenters. The van der Waals surface area contributed by atoms with E-state index in [4.69, 9.17) is 0 Å². The minimum Gasteiger partial charge on any atom is -0.306 e. The van der Waals surface area contributed by atoms with Crippen LogP contribution in [0.25, 0.3) is 11.0 Å². The Hall–Kier alpha value is -2.06. The van der Waals surface area contributed by atoms with Gasteiger partial charge < -0.3 is 9.97 Å². The molecule has 2 aromatic carbocycles. The van der Waals surface area contributed by atoms with Gasteiger partial charge in [0.2, 0.25) is 0 Å². The maximum absolute atomic E-state index is 12.5. The van der Waals surface area contributed by atoms with Crippen molar-refractivity contribution in [3.63, 3.8) is 0 Å². The molecule has 0 aliphatic rings. The SMILES string of the molecule is Cc1cc(Br)ccc1S(=O)(=O)Nc1ccc2[nH]c(=O)[nH]c2c1. The Bertz CT molecular complexity index is 1020. The summed E-state index contributed by atoms with van der Waals surface area (Å²) in [4.78, 5) is 16.6. The van der Waals surface area contributed by atoms with E-state index in [0.29, 0.717) is 22.3 Å². The van der Waals surface area contributed by atoms with Crippen LogP contribution in [0.5, 0.6) is 0 Å². The first-order chi connectivity index (χ1) is 10.3. The molecule has 3 N–H and O–H groups in total. The van der Waals surface area contributed by atoms with E-state index in [-0.39, 0.29) is 10.6 Å². The van der Waals surface area contributed by atoms with Crippen LogP contribution in [-0.2, 0) is 10.0 Å². The third-order valence-electron chi connectivity index (χ3n) is 3.19. The van der Waals surface area contributed by atoms with Gasteiger partial charge in [0.1, 0.15) is 0 Å². The van der Waals surface area contributed by atoms with Crippen molar-refractivity contribution in [2.75, 3.05) is 4.72 Å². The molecule has 0 amide bonds. The van der Waals surface area contributed by atoms with Gasteiger partial charge >= 0.3 is 5.69 Å². The van der Waals surface area contributed by atoms with Crippen LogP contribution >= 0.6 is 15.9 Å². The van der Waals surface area contributed by atoms with Crippen LogP contribution in [0.4, 0.5) is 5.69 Å². The third-order valence-corrected chi connectivity index (χ3v) is 5.23. The Morgan fingerprint density at radius 3 is 2.50 bits per heavy atom. The molecule has 0 bridgehead atoms. The number of rotatable bonds is 3. The maximum Gasteiger partial charge on any atom is 0.323 e. The summed E-state index contributed by atoms with van der Waals surface area (Å²) >= 11 is 3.31. The number of H-pyrrole nitrogens is 2. The van der Waals surface area contributed by atoms with Crippen molar-refractivity contribution in [1.82, 2.24) is 9.97 Å². The van der Waals surface area contributed by atoms with Crippen molar-refractivity contribution in [3.05, 3.63) is 56.9 Å². The van der Waals surface area contributed by atoms with E-state index in [9.17, 15) is 13.2 Å². The van der Waals surface area contributed by atoms with E-state index in [1.807, 2.05) is 0 Å². The molecule has 22 heavy (non-hydrogen) atoms. The number of hydrogen-bond donors (Lipinski definition) is 3. The van der Waals surface area contributed by atoms with Crippen molar-refractivity contribution in [2.45, 2.75) is 11.8 Å². The summed E-state index contributed by atoms with van der Waals surface area (Å²) in [5.41, 5.74) is 1.84. The number of imidazole rings is 1. The number of aryl methyl sites for hydroxylation is 1. The van der Waals surface area contributed by atoms with Crippen LogP contribution in [-0.4, -0.2) is 18.4 Å². The first-order valence-electron chi connectivity index (χ1n) is 6.36. The monoisotopic (exact) mass is 381 g/mol. The van der Waals surface area contributed by atoms with Crippen LogP contribution in [0.2, 0.25) is 0 Å². The van der Waals surface area contributed by atoms with Crippen molar-refractivity contribution in [2.24, 2.45) is 0 Å². The summed E-state index contributed by atoms with van der Waals surface area (Å²) in [6, 6.07) is 9.75. The van der Waals surface area contributed by atoms with Gasteiger partial charge in [0, 0.05) is 4.47 Å². The summed E-state index contributed by atoms with van der Waals surface area (Å²) in [7, 11) is -3.70. The average molecular weight is 382 g/mol. The Balaban J connectivity index is 2.00. The van der Waals surface area contributed by atoms with Gasteiger partial charge in [-0.1, -0.05) is 15.9 Å². The number of aromatic amines is 2. The Morgan fingerprint density at radius 2 is 1.77 bits per heavy atom. The van der Waals surface area contributed by atoms with Crippen LogP contribution in [0.1, 0.15) is 5.56 Å². The molecule has 6 nitrogen and oxygen atoms in total. The predicted molar refractivity (Wildman–Crippen MR) is 88.6 cm³/mol. The minimum atomic E-state index is -3.70. The smallest absolute Gasteiger partial charge is 0.306 e. The maximum atomic E-state index is 12.5. The highest BCUT2D eigenvalue weighted by atomic mass is 79.9. The summed E-state index contributed by atoms with van der Waals surface area (Å²) in [6.07, 6.45) is 0. The number of benzene rings is 2. The second kappa shape index (κ2) is 5.29. The largest absolute Gasteiger partial charge is 0.323 e. The minimum absolute atomic E-state index is 0.207. The lowest BCUT2D eigenvalue weighted by Crippen LogP contribution is -2.14. The van der Waals surface area contributed by atoms with Crippen LogP contribution < -0.4 is 10.4 Å². The van der Waals surface area contributed by atoms with Crippen molar-refractivity contribution < 1.29 is 8.42 Å². The lowest BCUT2D eigenvalue weighted by atomic mass is 10.2. The second-order valence-electron chi connectivity index (χ2n) is 4.85. The molecule has 0 fully saturated rings. The summed E-state index contributed by atoms with van der Waals surface area (Å²) < 4.78 is 28.3. The molecule has 0 aliphatic carbocycles. The summed E-state index contributed by atoms with van der Waals surface area (Å²) in [5.74, 6) is 0. The zero-order chi connectivity index (χ0) is 15.9. The molecule has 0 saturated carbocycles. The van der Waals surface area contributed by atoms with Gasteiger partial charge in [0.05, 0.1) is 21.6 Å². The van der Waals surface area contributed by atoms with E-state index >= 15 is 0 Å². The van der Waals surface area contributed by atoms with Gasteiger partial charge in [-0.05, 0) is 48.9 Å². The number of hydrogen-bond acceptors (Lipinski definition) is 3. The Labute approximate surface area is 134 Å². The second-order valence-corrected chi connectivity index (χ2v) is 7.42. The molecule has 0 saturated heterocycles. The van der Waals surface area contributed by atoms with Crippen molar-refractivity contribution in [3.8, 4) is 0 Å².